The third-order valence-electron chi connectivity index (χ3n) is 6.97. The highest BCUT2D eigenvalue weighted by Crippen LogP contribution is 2.43. The molecule has 1 amide bonds. The number of aliphatic hydroxyl groups is 1. The molecule has 0 spiro atoms. The molecule has 0 saturated carbocycles. The van der Waals surface area contributed by atoms with E-state index in [1.54, 1.807) is 60.9 Å². The first-order valence-corrected chi connectivity index (χ1v) is 12.8. The summed E-state index contributed by atoms with van der Waals surface area (Å²) in [5.41, 5.74) is 3.63. The van der Waals surface area contributed by atoms with Gasteiger partial charge in [-0.3, -0.25) is 19.5 Å². The first-order chi connectivity index (χ1) is 19.0. The number of pyridine rings is 1. The molecule has 7 heteroatoms. The van der Waals surface area contributed by atoms with Gasteiger partial charge in [0.1, 0.15) is 23.0 Å². The van der Waals surface area contributed by atoms with E-state index in [1.165, 1.54) is 4.90 Å². The van der Waals surface area contributed by atoms with Gasteiger partial charge in [-0.15, -0.1) is 0 Å². The lowest BCUT2D eigenvalue weighted by Gasteiger charge is -2.25. The van der Waals surface area contributed by atoms with Crippen LogP contribution in [0.5, 0.6) is 17.2 Å². The van der Waals surface area contributed by atoms with Crippen LogP contribution in [-0.2, 0) is 16.0 Å². The number of ketones is 1. The lowest BCUT2D eigenvalue weighted by Crippen LogP contribution is -2.29. The van der Waals surface area contributed by atoms with Crippen molar-refractivity contribution in [1.82, 2.24) is 4.98 Å². The van der Waals surface area contributed by atoms with Gasteiger partial charge in [0.25, 0.3) is 11.7 Å². The monoisotopic (exact) mass is 518 g/mol. The number of nitrogens with zero attached hydrogens (tertiary/aromatic N) is 2. The van der Waals surface area contributed by atoms with Gasteiger partial charge in [-0.05, 0) is 97.1 Å². The molecule has 3 aromatic carbocycles. The van der Waals surface area contributed by atoms with Gasteiger partial charge in [-0.2, -0.15) is 0 Å². The summed E-state index contributed by atoms with van der Waals surface area (Å²) in [5.74, 6) is 0.367. The van der Waals surface area contributed by atoms with Crippen molar-refractivity contribution in [2.75, 3.05) is 11.5 Å². The van der Waals surface area contributed by atoms with Crippen molar-refractivity contribution in [1.29, 1.82) is 0 Å². The SMILES string of the molecule is Cc1cccc(Oc2ccc(N3C(=O)C(=O)/C(=C(\O)c4ccc5c(c4)CCCO5)C3c3cccnc3)cc2)c1. The van der Waals surface area contributed by atoms with Crippen molar-refractivity contribution >= 4 is 23.1 Å². The number of hydrogen-bond donors (Lipinski definition) is 1. The standard InChI is InChI=1S/C32H26N2O5/c1-20-5-2-8-26(17-20)39-25-12-10-24(11-13-25)34-29(23-6-3-15-33-19-23)28(31(36)32(34)37)30(35)22-9-14-27-21(18-22)7-4-16-38-27/h2-3,5-6,8-15,17-19,29,35H,4,7,16H2,1H3/b30-28-. The Bertz CT molecular complexity index is 1590. The van der Waals surface area contributed by atoms with E-state index in [2.05, 4.69) is 4.98 Å². The molecule has 3 heterocycles. The van der Waals surface area contributed by atoms with Gasteiger partial charge < -0.3 is 14.6 Å². The van der Waals surface area contributed by atoms with Crippen molar-refractivity contribution in [3.8, 4) is 17.2 Å². The van der Waals surface area contributed by atoms with E-state index in [9.17, 15) is 14.7 Å². The molecule has 39 heavy (non-hydrogen) atoms. The second-order valence-electron chi connectivity index (χ2n) is 9.64. The second kappa shape index (κ2) is 10.1. The number of carbonyl (C=O) groups excluding carboxylic acids is 2. The Morgan fingerprint density at radius 1 is 1.00 bits per heavy atom. The highest BCUT2D eigenvalue weighted by atomic mass is 16.5. The van der Waals surface area contributed by atoms with Gasteiger partial charge in [0.2, 0.25) is 0 Å². The fourth-order valence-electron chi connectivity index (χ4n) is 5.10. The largest absolute Gasteiger partial charge is 0.507 e. The molecule has 4 aromatic rings. The number of benzene rings is 3. The molecule has 1 aromatic heterocycles. The first-order valence-electron chi connectivity index (χ1n) is 12.8. The van der Waals surface area contributed by atoms with Crippen molar-refractivity contribution in [3.63, 3.8) is 0 Å². The predicted octanol–water partition coefficient (Wildman–Crippen LogP) is 6.13. The summed E-state index contributed by atoms with van der Waals surface area (Å²) in [4.78, 5) is 32.5. The molecule has 1 N–H and O–H groups in total. The third kappa shape index (κ3) is 4.63. The van der Waals surface area contributed by atoms with Crippen molar-refractivity contribution < 1.29 is 24.2 Å². The lowest BCUT2D eigenvalue weighted by molar-refractivity contribution is -0.132. The zero-order valence-corrected chi connectivity index (χ0v) is 21.3. The van der Waals surface area contributed by atoms with E-state index in [0.29, 0.717) is 34.9 Å². The smallest absolute Gasteiger partial charge is 0.300 e. The number of aromatic nitrogens is 1. The van der Waals surface area contributed by atoms with Gasteiger partial charge >= 0.3 is 0 Å². The van der Waals surface area contributed by atoms with Crippen molar-refractivity contribution in [3.05, 3.63) is 119 Å². The number of anilines is 1. The molecular weight excluding hydrogens is 492 g/mol. The first kappa shape index (κ1) is 24.4. The molecule has 2 aliphatic heterocycles. The molecule has 7 nitrogen and oxygen atoms in total. The molecule has 194 valence electrons. The number of ether oxygens (including phenoxy) is 2. The summed E-state index contributed by atoms with van der Waals surface area (Å²) in [5, 5.41) is 11.4. The van der Waals surface area contributed by atoms with Gasteiger partial charge in [-0.1, -0.05) is 18.2 Å². The highest BCUT2D eigenvalue weighted by Gasteiger charge is 2.47. The number of aryl methyl sites for hydroxylation is 2. The van der Waals surface area contributed by atoms with Crippen molar-refractivity contribution in [2.24, 2.45) is 0 Å². The highest BCUT2D eigenvalue weighted by molar-refractivity contribution is 6.51. The van der Waals surface area contributed by atoms with E-state index in [4.69, 9.17) is 9.47 Å². The van der Waals surface area contributed by atoms with Crippen LogP contribution in [0, 0.1) is 6.92 Å². The molecule has 0 radical (unpaired) electrons. The maximum absolute atomic E-state index is 13.4. The zero-order chi connectivity index (χ0) is 26.9. The second-order valence-corrected chi connectivity index (χ2v) is 9.64. The van der Waals surface area contributed by atoms with Crippen LogP contribution in [-0.4, -0.2) is 28.4 Å². The quantitative estimate of drug-likeness (QED) is 0.194. The van der Waals surface area contributed by atoms with Gasteiger partial charge in [-0.25, -0.2) is 0 Å². The molecule has 0 aliphatic carbocycles. The number of Topliss-reactive ketones (excluding diaryl/α,β-unsaturated/α-hetero) is 1. The molecule has 1 fully saturated rings. The summed E-state index contributed by atoms with van der Waals surface area (Å²) in [7, 11) is 0. The maximum Gasteiger partial charge on any atom is 0.300 e. The Balaban J connectivity index is 1.40. The molecule has 1 saturated heterocycles. The van der Waals surface area contributed by atoms with Gasteiger partial charge in [0, 0.05) is 23.6 Å². The minimum absolute atomic E-state index is 0.0183. The van der Waals surface area contributed by atoms with Crippen LogP contribution >= 0.6 is 0 Å². The Kier molecular flexibility index (Phi) is 6.32. The van der Waals surface area contributed by atoms with Crippen LogP contribution in [0.25, 0.3) is 5.76 Å². The number of hydrogen-bond acceptors (Lipinski definition) is 6. The van der Waals surface area contributed by atoms with Crippen LogP contribution in [0.4, 0.5) is 5.69 Å². The topological polar surface area (TPSA) is 89.0 Å². The lowest BCUT2D eigenvalue weighted by atomic mass is 9.94. The number of fused-ring (bicyclic) bond motifs is 1. The summed E-state index contributed by atoms with van der Waals surface area (Å²) >= 11 is 0. The summed E-state index contributed by atoms with van der Waals surface area (Å²) in [6.07, 6.45) is 4.91. The van der Waals surface area contributed by atoms with Crippen LogP contribution in [0.3, 0.4) is 0 Å². The zero-order valence-electron chi connectivity index (χ0n) is 21.3. The van der Waals surface area contributed by atoms with Crippen LogP contribution in [0.15, 0.2) is 96.8 Å². The number of amides is 1. The summed E-state index contributed by atoms with van der Waals surface area (Å²) in [6, 6.07) is 22.7. The number of carbonyl (C=O) groups is 2. The van der Waals surface area contributed by atoms with Gasteiger partial charge in [0.05, 0.1) is 18.2 Å². The average molecular weight is 519 g/mol. The van der Waals surface area contributed by atoms with E-state index < -0.39 is 17.7 Å². The molecular formula is C32H26N2O5. The molecule has 1 unspecified atom stereocenters. The minimum Gasteiger partial charge on any atom is -0.507 e. The number of aliphatic hydroxyl groups excluding tert-OH is 1. The maximum atomic E-state index is 13.4. The van der Waals surface area contributed by atoms with E-state index in [-0.39, 0.29) is 11.3 Å². The van der Waals surface area contributed by atoms with Crippen molar-refractivity contribution in [2.45, 2.75) is 25.8 Å². The summed E-state index contributed by atoms with van der Waals surface area (Å²) in [6.45, 7) is 2.64. The third-order valence-corrected chi connectivity index (χ3v) is 6.97. The fourth-order valence-corrected chi connectivity index (χ4v) is 5.10. The molecule has 2 aliphatic rings. The van der Waals surface area contributed by atoms with E-state index in [0.717, 1.165) is 29.7 Å². The van der Waals surface area contributed by atoms with E-state index >= 15 is 0 Å². The Labute approximate surface area is 226 Å². The predicted molar refractivity (Wildman–Crippen MR) is 147 cm³/mol. The Morgan fingerprint density at radius 3 is 2.62 bits per heavy atom. The number of rotatable bonds is 5. The Morgan fingerprint density at radius 2 is 1.85 bits per heavy atom. The van der Waals surface area contributed by atoms with Crippen LogP contribution < -0.4 is 14.4 Å². The van der Waals surface area contributed by atoms with E-state index in [1.807, 2.05) is 37.3 Å². The fraction of sp³-hybridized carbons (Fsp3) is 0.156. The normalized spacial score (nSPS) is 18.0. The molecule has 0 bridgehead atoms. The Hall–Kier alpha value is -4.91. The van der Waals surface area contributed by atoms with Crippen LogP contribution in [0.1, 0.15) is 34.7 Å². The van der Waals surface area contributed by atoms with Gasteiger partial charge in [0.15, 0.2) is 0 Å². The molecule has 1 atom stereocenters. The van der Waals surface area contributed by atoms with Crippen LogP contribution in [0.2, 0.25) is 0 Å². The summed E-state index contributed by atoms with van der Waals surface area (Å²) < 4.78 is 11.7. The molecule has 6 rings (SSSR count). The minimum atomic E-state index is -0.852. The average Bonchev–Trinajstić information content (AvgIpc) is 3.23.